The lowest BCUT2D eigenvalue weighted by Crippen LogP contribution is -2.30. The summed E-state index contributed by atoms with van der Waals surface area (Å²) in [7, 11) is 1.42. The van der Waals surface area contributed by atoms with Gasteiger partial charge in [0, 0.05) is 11.3 Å². The highest BCUT2D eigenvalue weighted by atomic mass is 16.5. The summed E-state index contributed by atoms with van der Waals surface area (Å²) in [4.78, 5) is 27.7. The number of rotatable bonds is 4. The predicted molar refractivity (Wildman–Crippen MR) is 117 cm³/mol. The molecule has 1 atom stereocenters. The van der Waals surface area contributed by atoms with Crippen LogP contribution in [0.15, 0.2) is 78.4 Å². The third-order valence-electron chi connectivity index (χ3n) is 5.39. The molecule has 0 bridgehead atoms. The highest BCUT2D eigenvalue weighted by Gasteiger charge is 2.47. The van der Waals surface area contributed by atoms with Crippen molar-refractivity contribution >= 4 is 23.1 Å². The van der Waals surface area contributed by atoms with E-state index in [1.165, 1.54) is 18.1 Å². The smallest absolute Gasteiger partial charge is 0.300 e. The van der Waals surface area contributed by atoms with Crippen molar-refractivity contribution in [3.63, 3.8) is 0 Å². The molecule has 1 fully saturated rings. The van der Waals surface area contributed by atoms with Gasteiger partial charge in [-0.25, -0.2) is 0 Å². The van der Waals surface area contributed by atoms with Gasteiger partial charge in [0.1, 0.15) is 5.76 Å². The molecule has 3 aromatic rings. The minimum absolute atomic E-state index is 0.0211. The molecule has 0 saturated carbocycles. The molecule has 0 unspecified atom stereocenters. The maximum Gasteiger partial charge on any atom is 0.300 e. The number of carbonyl (C=O) groups excluding carboxylic acids is 2. The van der Waals surface area contributed by atoms with Crippen molar-refractivity contribution < 1.29 is 24.5 Å². The first-order valence-corrected chi connectivity index (χ1v) is 9.73. The van der Waals surface area contributed by atoms with Gasteiger partial charge < -0.3 is 14.9 Å². The van der Waals surface area contributed by atoms with Crippen LogP contribution in [0.25, 0.3) is 5.76 Å². The lowest BCUT2D eigenvalue weighted by Gasteiger charge is -2.27. The van der Waals surface area contributed by atoms with Crippen LogP contribution in [0.4, 0.5) is 5.69 Å². The number of aliphatic hydroxyl groups is 1. The SMILES string of the molecule is COc1cc([C@@H]2C(=C(O)c3ccccc3)C(=O)C(=O)N2c2ccccc2C)ccc1O. The van der Waals surface area contributed by atoms with Crippen molar-refractivity contribution in [3.05, 3.63) is 95.1 Å². The first-order chi connectivity index (χ1) is 14.9. The fourth-order valence-electron chi connectivity index (χ4n) is 3.85. The van der Waals surface area contributed by atoms with E-state index in [9.17, 15) is 19.8 Å². The zero-order valence-electron chi connectivity index (χ0n) is 17.1. The number of benzene rings is 3. The fourth-order valence-corrected chi connectivity index (χ4v) is 3.85. The van der Waals surface area contributed by atoms with Crippen molar-refractivity contribution in [1.29, 1.82) is 0 Å². The van der Waals surface area contributed by atoms with Crippen LogP contribution < -0.4 is 9.64 Å². The summed E-state index contributed by atoms with van der Waals surface area (Å²) in [6.45, 7) is 1.85. The molecule has 0 radical (unpaired) electrons. The number of methoxy groups -OCH3 is 1. The molecule has 0 aliphatic carbocycles. The Kier molecular flexibility index (Phi) is 5.21. The molecule has 1 aliphatic rings. The zero-order chi connectivity index (χ0) is 22.1. The maximum absolute atomic E-state index is 13.2. The second-order valence-corrected chi connectivity index (χ2v) is 7.25. The van der Waals surface area contributed by atoms with E-state index in [1.54, 1.807) is 54.6 Å². The monoisotopic (exact) mass is 415 g/mol. The van der Waals surface area contributed by atoms with Crippen LogP contribution in [0.1, 0.15) is 22.7 Å². The molecule has 31 heavy (non-hydrogen) atoms. The molecule has 1 aliphatic heterocycles. The third-order valence-corrected chi connectivity index (χ3v) is 5.39. The quantitative estimate of drug-likeness (QED) is 0.376. The number of aryl methyl sites for hydroxylation is 1. The number of aromatic hydroxyl groups is 1. The Morgan fingerprint density at radius 1 is 0.968 bits per heavy atom. The van der Waals surface area contributed by atoms with E-state index in [2.05, 4.69) is 0 Å². The number of para-hydroxylation sites is 1. The van der Waals surface area contributed by atoms with Crippen LogP contribution in [0.3, 0.4) is 0 Å². The van der Waals surface area contributed by atoms with Crippen molar-refractivity contribution in [2.45, 2.75) is 13.0 Å². The molecule has 4 rings (SSSR count). The highest BCUT2D eigenvalue weighted by molar-refractivity contribution is 6.51. The summed E-state index contributed by atoms with van der Waals surface area (Å²) in [5.74, 6) is -1.63. The molecular weight excluding hydrogens is 394 g/mol. The van der Waals surface area contributed by atoms with Gasteiger partial charge in [0.15, 0.2) is 11.5 Å². The lowest BCUT2D eigenvalue weighted by molar-refractivity contribution is -0.132. The minimum atomic E-state index is -0.893. The van der Waals surface area contributed by atoms with Crippen molar-refractivity contribution in [1.82, 2.24) is 0 Å². The van der Waals surface area contributed by atoms with Crippen LogP contribution in [0.5, 0.6) is 11.5 Å². The number of ketones is 1. The number of phenols is 1. The van der Waals surface area contributed by atoms with Gasteiger partial charge in [0.2, 0.25) is 0 Å². The number of Topliss-reactive ketones (excluding diaryl/α,β-unsaturated/α-hetero) is 1. The molecule has 0 aromatic heterocycles. The molecule has 1 saturated heterocycles. The first kappa shape index (κ1) is 20.2. The topological polar surface area (TPSA) is 87.1 Å². The number of hydrogen-bond donors (Lipinski definition) is 2. The van der Waals surface area contributed by atoms with E-state index < -0.39 is 17.7 Å². The second kappa shape index (κ2) is 7.99. The first-order valence-electron chi connectivity index (χ1n) is 9.73. The summed E-state index contributed by atoms with van der Waals surface area (Å²) in [5, 5.41) is 21.1. The van der Waals surface area contributed by atoms with Crippen LogP contribution in [0.2, 0.25) is 0 Å². The number of anilines is 1. The highest BCUT2D eigenvalue weighted by Crippen LogP contribution is 2.44. The summed E-state index contributed by atoms with van der Waals surface area (Å²) in [6, 6.07) is 19.6. The number of hydrogen-bond acceptors (Lipinski definition) is 5. The van der Waals surface area contributed by atoms with Crippen molar-refractivity contribution in [3.8, 4) is 11.5 Å². The zero-order valence-corrected chi connectivity index (χ0v) is 17.1. The van der Waals surface area contributed by atoms with Gasteiger partial charge in [-0.3, -0.25) is 14.5 Å². The molecule has 0 spiro atoms. The van der Waals surface area contributed by atoms with E-state index in [1.807, 2.05) is 19.1 Å². The van der Waals surface area contributed by atoms with E-state index in [0.29, 0.717) is 16.8 Å². The Bertz CT molecular complexity index is 1200. The van der Waals surface area contributed by atoms with Crippen molar-refractivity contribution in [2.75, 3.05) is 12.0 Å². The van der Waals surface area contributed by atoms with Gasteiger partial charge in [-0.15, -0.1) is 0 Å². The number of aliphatic hydroxyl groups excluding tert-OH is 1. The Morgan fingerprint density at radius 2 is 1.65 bits per heavy atom. The molecule has 2 N–H and O–H groups in total. The van der Waals surface area contributed by atoms with Crippen LogP contribution in [-0.2, 0) is 9.59 Å². The lowest BCUT2D eigenvalue weighted by atomic mass is 9.94. The van der Waals surface area contributed by atoms with Crippen molar-refractivity contribution in [2.24, 2.45) is 0 Å². The molecule has 3 aromatic carbocycles. The molecule has 1 heterocycles. The van der Waals surface area contributed by atoms with E-state index in [4.69, 9.17) is 4.74 Å². The Morgan fingerprint density at radius 3 is 2.32 bits per heavy atom. The number of nitrogens with zero attached hydrogens (tertiary/aromatic N) is 1. The minimum Gasteiger partial charge on any atom is -0.507 e. The number of ether oxygens (including phenoxy) is 1. The predicted octanol–water partition coefficient (Wildman–Crippen LogP) is 4.34. The van der Waals surface area contributed by atoms with E-state index >= 15 is 0 Å². The number of phenolic OH excluding ortho intramolecular Hbond substituents is 1. The molecule has 156 valence electrons. The largest absolute Gasteiger partial charge is 0.507 e. The average Bonchev–Trinajstić information content (AvgIpc) is 3.05. The van der Waals surface area contributed by atoms with Gasteiger partial charge in [-0.2, -0.15) is 0 Å². The van der Waals surface area contributed by atoms with Gasteiger partial charge in [0.25, 0.3) is 11.7 Å². The Labute approximate surface area is 179 Å². The molecule has 6 nitrogen and oxygen atoms in total. The van der Waals surface area contributed by atoms with E-state index in [0.717, 1.165) is 5.56 Å². The van der Waals surface area contributed by atoms with Crippen LogP contribution in [0, 0.1) is 6.92 Å². The van der Waals surface area contributed by atoms with E-state index in [-0.39, 0.29) is 22.8 Å². The third kappa shape index (κ3) is 3.42. The molecule has 1 amide bonds. The second-order valence-electron chi connectivity index (χ2n) is 7.25. The summed E-state index contributed by atoms with van der Waals surface area (Å²) in [5.41, 5.74) is 2.30. The van der Waals surface area contributed by atoms with Crippen LogP contribution >= 0.6 is 0 Å². The van der Waals surface area contributed by atoms with Gasteiger partial charge in [-0.05, 0) is 36.2 Å². The average molecular weight is 415 g/mol. The normalized spacial score (nSPS) is 17.7. The number of carbonyl (C=O) groups is 2. The Balaban J connectivity index is 1.99. The Hall–Kier alpha value is -4.06. The summed E-state index contributed by atoms with van der Waals surface area (Å²) < 4.78 is 5.23. The summed E-state index contributed by atoms with van der Waals surface area (Å²) in [6.07, 6.45) is 0. The maximum atomic E-state index is 13.2. The fraction of sp³-hybridized carbons (Fsp3) is 0.120. The molecule has 6 heteroatoms. The standard InChI is InChI=1S/C25H21NO5/c1-15-8-6-7-11-18(15)26-22(17-12-13-19(27)20(14-17)31-2)21(24(29)25(26)30)23(28)16-9-4-3-5-10-16/h3-14,22,27-28H,1-2H3/t22-/m1/s1. The van der Waals surface area contributed by atoms with Gasteiger partial charge in [-0.1, -0.05) is 54.6 Å². The number of amides is 1. The van der Waals surface area contributed by atoms with Gasteiger partial charge in [0.05, 0.1) is 18.7 Å². The van der Waals surface area contributed by atoms with Gasteiger partial charge >= 0.3 is 0 Å². The summed E-state index contributed by atoms with van der Waals surface area (Å²) >= 11 is 0. The van der Waals surface area contributed by atoms with Crippen LogP contribution in [-0.4, -0.2) is 29.0 Å². The molecular formula is C25H21NO5.